The number of sulfonamides is 1. The van der Waals surface area contributed by atoms with E-state index in [1.807, 2.05) is 12.1 Å². The summed E-state index contributed by atoms with van der Waals surface area (Å²) in [7, 11) is -3.90. The Hall–Kier alpha value is -4.24. The molecule has 37 heavy (non-hydrogen) atoms. The topological polar surface area (TPSA) is 95.6 Å². The molecule has 9 heteroatoms. The third-order valence-corrected chi connectivity index (χ3v) is 7.69. The van der Waals surface area contributed by atoms with Gasteiger partial charge in [-0.15, -0.1) is 0 Å². The Morgan fingerprint density at radius 1 is 0.946 bits per heavy atom. The molecule has 0 aromatic heterocycles. The van der Waals surface area contributed by atoms with E-state index in [1.165, 1.54) is 36.4 Å². The van der Waals surface area contributed by atoms with E-state index >= 15 is 0 Å². The highest BCUT2D eigenvalue weighted by Crippen LogP contribution is 2.40. The third kappa shape index (κ3) is 4.65. The predicted octanol–water partition coefficient (Wildman–Crippen LogP) is 5.79. The second-order valence-electron chi connectivity index (χ2n) is 8.76. The summed E-state index contributed by atoms with van der Waals surface area (Å²) < 4.78 is 40.6. The Labute approximate surface area is 214 Å². The molecule has 4 aromatic carbocycles. The van der Waals surface area contributed by atoms with Gasteiger partial charge in [-0.25, -0.2) is 12.8 Å². The average molecular weight is 518 g/mol. The monoisotopic (exact) mass is 517 g/mol. The van der Waals surface area contributed by atoms with Crippen molar-refractivity contribution in [3.63, 3.8) is 0 Å². The lowest BCUT2D eigenvalue weighted by Gasteiger charge is -2.17. The molecule has 0 atom stereocenters. The minimum atomic E-state index is -3.90. The Bertz CT molecular complexity index is 1620. The molecule has 1 aliphatic rings. The summed E-state index contributed by atoms with van der Waals surface area (Å²) in [4.78, 5) is 27.7. The van der Waals surface area contributed by atoms with Gasteiger partial charge in [-0.2, -0.15) is 0 Å². The Morgan fingerprint density at radius 3 is 2.38 bits per heavy atom. The van der Waals surface area contributed by atoms with E-state index in [9.17, 15) is 22.4 Å². The summed E-state index contributed by atoms with van der Waals surface area (Å²) in [6.07, 6.45) is 1.87. The third-order valence-electron chi connectivity index (χ3n) is 6.29. The molecular weight excluding hydrogens is 493 g/mol. The van der Waals surface area contributed by atoms with Crippen molar-refractivity contribution >= 4 is 49.7 Å². The quantitative estimate of drug-likeness (QED) is 0.309. The van der Waals surface area contributed by atoms with Crippen molar-refractivity contribution in [2.24, 2.45) is 0 Å². The molecule has 0 radical (unpaired) electrons. The Kier molecular flexibility index (Phi) is 6.39. The molecule has 0 saturated heterocycles. The fourth-order valence-electron chi connectivity index (χ4n) is 4.41. The van der Waals surface area contributed by atoms with Crippen LogP contribution in [-0.4, -0.2) is 26.8 Å². The van der Waals surface area contributed by atoms with Gasteiger partial charge in [-0.3, -0.25) is 14.3 Å². The number of rotatable bonds is 8. The molecule has 0 unspecified atom stereocenters. The summed E-state index contributed by atoms with van der Waals surface area (Å²) in [6, 6.07) is 19.6. The van der Waals surface area contributed by atoms with Crippen molar-refractivity contribution in [2.75, 3.05) is 21.5 Å². The normalized spacial score (nSPS) is 12.7. The highest BCUT2D eigenvalue weighted by molar-refractivity contribution is 7.92. The Balaban J connectivity index is 1.35. The number of anilines is 3. The Morgan fingerprint density at radius 2 is 1.68 bits per heavy atom. The summed E-state index contributed by atoms with van der Waals surface area (Å²) >= 11 is 0. The van der Waals surface area contributed by atoms with E-state index in [1.54, 1.807) is 23.1 Å². The van der Waals surface area contributed by atoms with Crippen molar-refractivity contribution in [3.8, 4) is 0 Å². The van der Waals surface area contributed by atoms with Gasteiger partial charge in [-0.05, 0) is 73.2 Å². The van der Waals surface area contributed by atoms with Gasteiger partial charge in [0.05, 0.1) is 10.6 Å². The highest BCUT2D eigenvalue weighted by atomic mass is 32.2. The molecule has 0 spiro atoms. The van der Waals surface area contributed by atoms with Gasteiger partial charge in [0.2, 0.25) is 0 Å². The van der Waals surface area contributed by atoms with Crippen LogP contribution < -0.4 is 14.9 Å². The molecular formula is C28H24FN3O4S. The molecule has 0 saturated carbocycles. The number of hydrogen-bond acceptors (Lipinski definition) is 4. The van der Waals surface area contributed by atoms with E-state index in [2.05, 4.69) is 17.0 Å². The summed E-state index contributed by atoms with van der Waals surface area (Å²) in [5, 5.41) is 4.52. The highest BCUT2D eigenvalue weighted by Gasteiger charge is 2.30. The number of nitrogens with zero attached hydrogens (tertiary/aromatic N) is 1. The minimum Gasteiger partial charge on any atom is -0.321 e. The van der Waals surface area contributed by atoms with E-state index in [0.717, 1.165) is 41.4 Å². The first-order valence-corrected chi connectivity index (χ1v) is 13.3. The lowest BCUT2D eigenvalue weighted by Crippen LogP contribution is -2.27. The lowest BCUT2D eigenvalue weighted by molar-refractivity contribution is 0.0991. The molecule has 0 bridgehead atoms. The first kappa shape index (κ1) is 24.5. The first-order valence-electron chi connectivity index (χ1n) is 11.9. The zero-order chi connectivity index (χ0) is 26.2. The van der Waals surface area contributed by atoms with Gasteiger partial charge in [0.1, 0.15) is 5.82 Å². The van der Waals surface area contributed by atoms with Crippen LogP contribution in [0.3, 0.4) is 0 Å². The van der Waals surface area contributed by atoms with Gasteiger partial charge in [-0.1, -0.05) is 25.5 Å². The molecule has 4 aromatic rings. The van der Waals surface area contributed by atoms with Crippen LogP contribution in [0.1, 0.15) is 40.5 Å². The van der Waals surface area contributed by atoms with Gasteiger partial charge in [0.25, 0.3) is 21.8 Å². The number of carbonyl (C=O) groups excluding carboxylic acids is 2. The molecule has 0 fully saturated rings. The second kappa shape index (κ2) is 9.67. The van der Waals surface area contributed by atoms with Gasteiger partial charge < -0.3 is 10.2 Å². The van der Waals surface area contributed by atoms with Crippen molar-refractivity contribution in [1.82, 2.24) is 0 Å². The van der Waals surface area contributed by atoms with Crippen LogP contribution in [0.25, 0.3) is 10.8 Å². The number of benzene rings is 4. The number of carbonyl (C=O) groups is 2. The summed E-state index contributed by atoms with van der Waals surface area (Å²) in [6.45, 7) is 2.72. The molecule has 1 heterocycles. The van der Waals surface area contributed by atoms with Gasteiger partial charge >= 0.3 is 0 Å². The SMILES string of the molecule is CCCCN1C(=O)c2cccc3c(NC(=O)c4ccc(NS(=O)(=O)c5ccc(F)cc5)cc4)ccc1c23. The average Bonchev–Trinajstić information content (AvgIpc) is 3.16. The molecule has 0 aliphatic carbocycles. The molecule has 7 nitrogen and oxygen atoms in total. The second-order valence-corrected chi connectivity index (χ2v) is 10.4. The van der Waals surface area contributed by atoms with E-state index < -0.39 is 15.8 Å². The predicted molar refractivity (Wildman–Crippen MR) is 142 cm³/mol. The summed E-state index contributed by atoms with van der Waals surface area (Å²) in [5.41, 5.74) is 2.64. The van der Waals surface area contributed by atoms with Crippen molar-refractivity contribution in [3.05, 3.63) is 95.8 Å². The van der Waals surface area contributed by atoms with E-state index in [4.69, 9.17) is 0 Å². The van der Waals surface area contributed by atoms with Gasteiger partial charge in [0, 0.05) is 39.8 Å². The zero-order valence-corrected chi connectivity index (χ0v) is 20.8. The van der Waals surface area contributed by atoms with Crippen LogP contribution in [-0.2, 0) is 10.0 Å². The smallest absolute Gasteiger partial charge is 0.261 e. The largest absolute Gasteiger partial charge is 0.321 e. The van der Waals surface area contributed by atoms with Gasteiger partial charge in [0.15, 0.2) is 0 Å². The van der Waals surface area contributed by atoms with Crippen molar-refractivity contribution in [2.45, 2.75) is 24.7 Å². The fourth-order valence-corrected chi connectivity index (χ4v) is 5.46. The molecule has 2 N–H and O–H groups in total. The zero-order valence-electron chi connectivity index (χ0n) is 20.0. The summed E-state index contributed by atoms with van der Waals surface area (Å²) in [5.74, 6) is -0.938. The first-order chi connectivity index (χ1) is 17.8. The van der Waals surface area contributed by atoms with Crippen molar-refractivity contribution in [1.29, 1.82) is 0 Å². The number of hydrogen-bond donors (Lipinski definition) is 2. The lowest BCUT2D eigenvalue weighted by atomic mass is 10.0. The molecule has 5 rings (SSSR count). The molecule has 2 amide bonds. The number of halogens is 1. The van der Waals surface area contributed by atoms with Crippen LogP contribution in [0.15, 0.2) is 83.8 Å². The van der Waals surface area contributed by atoms with Crippen LogP contribution in [0, 0.1) is 5.82 Å². The van der Waals surface area contributed by atoms with E-state index in [-0.39, 0.29) is 22.4 Å². The van der Waals surface area contributed by atoms with Crippen LogP contribution in [0.5, 0.6) is 0 Å². The van der Waals surface area contributed by atoms with E-state index in [0.29, 0.717) is 23.4 Å². The van der Waals surface area contributed by atoms with Crippen LogP contribution in [0.2, 0.25) is 0 Å². The molecule has 188 valence electrons. The number of nitrogens with one attached hydrogen (secondary N) is 2. The maximum atomic E-state index is 13.1. The van der Waals surface area contributed by atoms with Crippen molar-refractivity contribution < 1.29 is 22.4 Å². The fraction of sp³-hybridized carbons (Fsp3) is 0.143. The molecule has 1 aliphatic heterocycles. The van der Waals surface area contributed by atoms with Crippen LogP contribution >= 0.6 is 0 Å². The standard InChI is InChI=1S/C28H24FN3O4S/c1-2-3-17-32-25-16-15-24(22-5-4-6-23(26(22)25)28(32)34)30-27(33)18-7-11-20(12-8-18)31-37(35,36)21-13-9-19(29)10-14-21/h4-16,31H,2-3,17H2,1H3,(H,30,33). The minimum absolute atomic E-state index is 0.0313. The van der Waals surface area contributed by atoms with Crippen LogP contribution in [0.4, 0.5) is 21.5 Å². The number of amides is 2. The maximum Gasteiger partial charge on any atom is 0.261 e. The number of unbranched alkanes of at least 4 members (excludes halogenated alkanes) is 1. The maximum absolute atomic E-state index is 13.1.